The predicted octanol–water partition coefficient (Wildman–Crippen LogP) is 2.11. The number of fused-ring (bicyclic) bond motifs is 2. The molecule has 0 radical (unpaired) electrons. The number of phenols is 1. The van der Waals surface area contributed by atoms with Gasteiger partial charge in [0, 0.05) is 29.6 Å². The summed E-state index contributed by atoms with van der Waals surface area (Å²) in [6, 6.07) is 5.55. The maximum absolute atomic E-state index is 12.4. The summed E-state index contributed by atoms with van der Waals surface area (Å²) in [5, 5.41) is 10.1. The summed E-state index contributed by atoms with van der Waals surface area (Å²) in [5.41, 5.74) is 0.0216. The third-order valence-electron chi connectivity index (χ3n) is 5.67. The van der Waals surface area contributed by atoms with E-state index in [1.807, 2.05) is 0 Å². The molecule has 2 fully saturated rings. The van der Waals surface area contributed by atoms with Crippen molar-refractivity contribution in [3.05, 3.63) is 40.2 Å². The second-order valence-electron chi connectivity index (χ2n) is 7.51. The zero-order valence-electron chi connectivity index (χ0n) is 15.8. The molecule has 0 unspecified atom stereocenters. The van der Waals surface area contributed by atoms with Crippen molar-refractivity contribution in [2.75, 3.05) is 6.54 Å². The minimum Gasteiger partial charge on any atom is -0.508 e. The van der Waals surface area contributed by atoms with Gasteiger partial charge < -0.3 is 14.3 Å². The highest BCUT2D eigenvalue weighted by Gasteiger charge is 2.47. The Morgan fingerprint density at radius 3 is 2.48 bits per heavy atom. The van der Waals surface area contributed by atoms with Gasteiger partial charge in [0.05, 0.1) is 18.3 Å². The molecule has 0 spiro atoms. The number of imide groups is 1. The molecule has 4 rings (SSSR count). The summed E-state index contributed by atoms with van der Waals surface area (Å²) < 4.78 is 10.3. The van der Waals surface area contributed by atoms with Gasteiger partial charge in [-0.25, -0.2) is 4.79 Å². The number of rotatable bonds is 5. The number of benzene rings is 1. The van der Waals surface area contributed by atoms with E-state index in [0.717, 1.165) is 25.7 Å². The smallest absolute Gasteiger partial charge is 0.336 e. The third-order valence-corrected chi connectivity index (χ3v) is 5.67. The summed E-state index contributed by atoms with van der Waals surface area (Å²) in [6.07, 6.45) is 3.27. The monoisotopic (exact) mass is 399 g/mol. The topological polar surface area (TPSA) is 114 Å². The van der Waals surface area contributed by atoms with E-state index in [-0.39, 0.29) is 54.6 Å². The van der Waals surface area contributed by atoms with Crippen LogP contribution >= 0.6 is 0 Å². The van der Waals surface area contributed by atoms with E-state index in [2.05, 4.69) is 0 Å². The molecule has 2 aromatic rings. The van der Waals surface area contributed by atoms with Gasteiger partial charge in [-0.3, -0.25) is 19.3 Å². The number of hydrogen-bond donors (Lipinski definition) is 1. The number of carbonyl (C=O) groups is 3. The predicted molar refractivity (Wildman–Crippen MR) is 101 cm³/mol. The van der Waals surface area contributed by atoms with Gasteiger partial charge in [0.1, 0.15) is 17.9 Å². The molecule has 29 heavy (non-hydrogen) atoms. The molecule has 1 N–H and O–H groups in total. The maximum atomic E-state index is 12.4. The lowest BCUT2D eigenvalue weighted by Crippen LogP contribution is -2.33. The Hall–Kier alpha value is -3.16. The third kappa shape index (κ3) is 3.74. The average molecular weight is 399 g/mol. The van der Waals surface area contributed by atoms with Crippen LogP contribution in [0.1, 0.15) is 37.7 Å². The zero-order chi connectivity index (χ0) is 20.5. The molecule has 2 aliphatic rings. The van der Waals surface area contributed by atoms with Crippen LogP contribution in [-0.2, 0) is 25.7 Å². The lowest BCUT2D eigenvalue weighted by molar-refractivity contribution is -0.146. The Balaban J connectivity index is 1.38. The number of ether oxygens (including phenoxy) is 1. The lowest BCUT2D eigenvalue weighted by Gasteiger charge is -2.19. The van der Waals surface area contributed by atoms with E-state index in [1.54, 1.807) is 6.07 Å². The molecule has 1 saturated heterocycles. The van der Waals surface area contributed by atoms with Gasteiger partial charge in [-0.15, -0.1) is 0 Å². The quantitative estimate of drug-likeness (QED) is 0.465. The molecular formula is C21H21NO7. The first kappa shape index (κ1) is 19.2. The van der Waals surface area contributed by atoms with Gasteiger partial charge in [-0.05, 0) is 25.0 Å². The molecule has 2 heterocycles. The number of hydrogen-bond acceptors (Lipinski definition) is 7. The number of nitrogens with zero attached hydrogens (tertiary/aromatic N) is 1. The van der Waals surface area contributed by atoms with Crippen molar-refractivity contribution in [3.63, 3.8) is 0 Å². The van der Waals surface area contributed by atoms with Crippen molar-refractivity contribution in [1.29, 1.82) is 0 Å². The molecule has 1 saturated carbocycles. The van der Waals surface area contributed by atoms with Crippen LogP contribution in [0.4, 0.5) is 0 Å². The summed E-state index contributed by atoms with van der Waals surface area (Å²) in [4.78, 5) is 49.9. The Bertz CT molecular complexity index is 1020. The number of phenolic OH excluding ortho intramolecular Hbond substituents is 1. The maximum Gasteiger partial charge on any atom is 0.336 e. The van der Waals surface area contributed by atoms with Gasteiger partial charge in [0.25, 0.3) is 0 Å². The second kappa shape index (κ2) is 7.69. The van der Waals surface area contributed by atoms with Crippen LogP contribution in [0.5, 0.6) is 5.75 Å². The van der Waals surface area contributed by atoms with Crippen molar-refractivity contribution in [1.82, 2.24) is 4.90 Å². The molecule has 1 aliphatic carbocycles. The molecule has 0 bridgehead atoms. The molecule has 1 aliphatic heterocycles. The van der Waals surface area contributed by atoms with Crippen LogP contribution < -0.4 is 5.63 Å². The van der Waals surface area contributed by atoms with Gasteiger partial charge in [-0.2, -0.15) is 0 Å². The zero-order valence-corrected chi connectivity index (χ0v) is 15.8. The van der Waals surface area contributed by atoms with E-state index in [4.69, 9.17) is 9.15 Å². The van der Waals surface area contributed by atoms with Crippen molar-refractivity contribution in [3.8, 4) is 5.75 Å². The number of aromatic hydroxyl groups is 1. The highest BCUT2D eigenvalue weighted by Crippen LogP contribution is 2.38. The number of esters is 1. The normalized spacial score (nSPS) is 21.4. The average Bonchev–Trinajstić information content (AvgIpc) is 2.94. The van der Waals surface area contributed by atoms with Gasteiger partial charge in [-0.1, -0.05) is 12.8 Å². The molecule has 1 aromatic carbocycles. The number of likely N-dealkylation sites (tertiary alicyclic amines) is 1. The van der Waals surface area contributed by atoms with E-state index in [1.165, 1.54) is 23.1 Å². The summed E-state index contributed by atoms with van der Waals surface area (Å²) in [6.45, 7) is -0.145. The summed E-state index contributed by atoms with van der Waals surface area (Å²) in [7, 11) is 0. The largest absolute Gasteiger partial charge is 0.508 e. The van der Waals surface area contributed by atoms with E-state index in [9.17, 15) is 24.3 Å². The molecule has 1 aromatic heterocycles. The molecular weight excluding hydrogens is 378 g/mol. The summed E-state index contributed by atoms with van der Waals surface area (Å²) >= 11 is 0. The van der Waals surface area contributed by atoms with Crippen molar-refractivity contribution < 1.29 is 28.6 Å². The van der Waals surface area contributed by atoms with Crippen LogP contribution in [0.2, 0.25) is 0 Å². The fraction of sp³-hybridized carbons (Fsp3) is 0.429. The van der Waals surface area contributed by atoms with Crippen LogP contribution in [-0.4, -0.2) is 34.3 Å². The first-order chi connectivity index (χ1) is 13.9. The van der Waals surface area contributed by atoms with Crippen LogP contribution in [0, 0.1) is 11.8 Å². The lowest BCUT2D eigenvalue weighted by atomic mass is 9.81. The fourth-order valence-electron chi connectivity index (χ4n) is 4.22. The van der Waals surface area contributed by atoms with Crippen molar-refractivity contribution in [2.45, 2.75) is 38.7 Å². The van der Waals surface area contributed by atoms with Crippen LogP contribution in [0.3, 0.4) is 0 Å². The minimum absolute atomic E-state index is 0.00898. The number of carbonyl (C=O) groups excluding carboxylic acids is 3. The molecule has 2 amide bonds. The summed E-state index contributed by atoms with van der Waals surface area (Å²) in [5.74, 6) is -1.45. The van der Waals surface area contributed by atoms with Crippen LogP contribution in [0.15, 0.2) is 33.5 Å². The van der Waals surface area contributed by atoms with Crippen molar-refractivity contribution in [2.24, 2.45) is 11.8 Å². The Morgan fingerprint density at radius 1 is 1.10 bits per heavy atom. The molecule has 152 valence electrons. The minimum atomic E-state index is -0.620. The van der Waals surface area contributed by atoms with E-state index < -0.39 is 11.6 Å². The van der Waals surface area contributed by atoms with E-state index in [0.29, 0.717) is 10.9 Å². The Labute approximate surface area is 166 Å². The highest BCUT2D eigenvalue weighted by molar-refractivity contribution is 6.05. The number of amides is 2. The first-order valence-corrected chi connectivity index (χ1v) is 9.70. The Morgan fingerprint density at radius 2 is 1.79 bits per heavy atom. The van der Waals surface area contributed by atoms with Gasteiger partial charge in [0.15, 0.2) is 0 Å². The Kier molecular flexibility index (Phi) is 5.08. The van der Waals surface area contributed by atoms with E-state index >= 15 is 0 Å². The second-order valence-corrected chi connectivity index (χ2v) is 7.51. The highest BCUT2D eigenvalue weighted by atomic mass is 16.5. The first-order valence-electron chi connectivity index (χ1n) is 9.70. The fourth-order valence-corrected chi connectivity index (χ4v) is 4.22. The molecule has 8 heteroatoms. The van der Waals surface area contributed by atoms with Gasteiger partial charge >= 0.3 is 11.6 Å². The van der Waals surface area contributed by atoms with Crippen molar-refractivity contribution >= 4 is 28.8 Å². The molecule has 2 atom stereocenters. The standard InChI is InChI=1S/C21H21NO7/c23-13-5-6-14-12(9-19(25)29-17(14)10-13)11-28-18(24)7-8-22-20(26)15-3-1-2-4-16(15)21(22)27/h5-6,9-10,15-16,23H,1-4,7-8,11H2/t15-,16-/m0/s1. The van der Waals surface area contributed by atoms with Gasteiger partial charge in [0.2, 0.25) is 11.8 Å². The van der Waals surface area contributed by atoms with Crippen LogP contribution in [0.25, 0.3) is 11.0 Å². The molecule has 8 nitrogen and oxygen atoms in total. The SMILES string of the molecule is O=C(CCN1C(=O)[C@H]2CCCC[C@@H]2C1=O)OCc1cc(=O)oc2cc(O)ccc12.